The van der Waals surface area contributed by atoms with Crippen molar-refractivity contribution in [3.05, 3.63) is 18.2 Å². The maximum absolute atomic E-state index is 12.8. The SMILES string of the molecule is CC[C@@H]1C2C[C@H](O)CC[C@]2(C)[C@H]2CC[C@]3(C)[C@@H]([C@H](C)CNC(=O)NS(=O)(=O)c4ccc5c(c4)OCO5)CC[C@H]3[C@@H]2[C@@H]1O. The third-order valence-electron chi connectivity index (χ3n) is 12.6. The molecule has 1 aromatic rings. The molecule has 4 N–H and O–H groups in total. The highest BCUT2D eigenvalue weighted by atomic mass is 32.2. The number of aliphatic hydroxyl groups is 2. The number of amides is 2. The zero-order valence-corrected chi connectivity index (χ0v) is 26.2. The molecule has 1 unspecified atom stereocenters. The van der Waals surface area contributed by atoms with E-state index >= 15 is 0 Å². The number of carbonyl (C=O) groups excluding carboxylic acids is 1. The normalized spacial score (nSPS) is 41.3. The molecule has 4 aliphatic carbocycles. The van der Waals surface area contributed by atoms with Gasteiger partial charge in [-0.2, -0.15) is 0 Å². The van der Waals surface area contributed by atoms with E-state index in [0.29, 0.717) is 41.7 Å². The molecule has 4 fully saturated rings. The van der Waals surface area contributed by atoms with E-state index in [9.17, 15) is 23.4 Å². The largest absolute Gasteiger partial charge is 0.454 e. The first-order valence-corrected chi connectivity index (χ1v) is 17.4. The van der Waals surface area contributed by atoms with E-state index in [0.717, 1.165) is 51.4 Å². The van der Waals surface area contributed by atoms with Crippen LogP contribution in [0.1, 0.15) is 79.1 Å². The van der Waals surface area contributed by atoms with Crippen LogP contribution in [0.4, 0.5) is 4.79 Å². The summed E-state index contributed by atoms with van der Waals surface area (Å²) in [6, 6.07) is 3.53. The minimum absolute atomic E-state index is 0.0368. The van der Waals surface area contributed by atoms with Crippen molar-refractivity contribution in [2.75, 3.05) is 13.3 Å². The number of sulfonamides is 1. The number of ether oxygens (including phenoxy) is 2. The van der Waals surface area contributed by atoms with Crippen molar-refractivity contribution in [3.8, 4) is 11.5 Å². The van der Waals surface area contributed by atoms with Crippen LogP contribution in [0.25, 0.3) is 0 Å². The topological polar surface area (TPSA) is 134 Å². The van der Waals surface area contributed by atoms with Crippen LogP contribution in [0.2, 0.25) is 0 Å². The minimum Gasteiger partial charge on any atom is -0.454 e. The predicted molar refractivity (Wildman–Crippen MR) is 157 cm³/mol. The Bertz CT molecular complexity index is 1310. The van der Waals surface area contributed by atoms with Gasteiger partial charge in [-0.3, -0.25) is 0 Å². The molecule has 0 aromatic heterocycles. The lowest BCUT2D eigenvalue weighted by Gasteiger charge is -2.64. The number of urea groups is 1. The molecule has 1 heterocycles. The van der Waals surface area contributed by atoms with E-state index in [1.807, 2.05) is 0 Å². The van der Waals surface area contributed by atoms with Crippen LogP contribution in [0.15, 0.2) is 23.1 Å². The van der Waals surface area contributed by atoms with Crippen LogP contribution in [-0.4, -0.2) is 50.2 Å². The molecule has 0 spiro atoms. The second-order valence-corrected chi connectivity index (χ2v) is 16.1. The highest BCUT2D eigenvalue weighted by Crippen LogP contribution is 2.69. The Labute approximate surface area is 250 Å². The lowest BCUT2D eigenvalue weighted by molar-refractivity contribution is -0.203. The number of hydrogen-bond donors (Lipinski definition) is 4. The number of nitrogens with one attached hydrogen (secondary N) is 2. The molecular weight excluding hydrogens is 556 g/mol. The van der Waals surface area contributed by atoms with Gasteiger partial charge >= 0.3 is 6.03 Å². The van der Waals surface area contributed by atoms with Gasteiger partial charge in [-0.25, -0.2) is 17.9 Å². The first-order chi connectivity index (χ1) is 19.9. The van der Waals surface area contributed by atoms with Crippen molar-refractivity contribution in [3.63, 3.8) is 0 Å². The molecule has 2 amide bonds. The minimum atomic E-state index is -4.07. The number of rotatable bonds is 6. The van der Waals surface area contributed by atoms with Crippen molar-refractivity contribution in [2.45, 2.75) is 96.2 Å². The molecule has 234 valence electrons. The maximum Gasteiger partial charge on any atom is 0.328 e. The second-order valence-electron chi connectivity index (χ2n) is 14.4. The molecule has 42 heavy (non-hydrogen) atoms. The number of aliphatic hydroxyl groups excluding tert-OH is 2. The van der Waals surface area contributed by atoms with Gasteiger partial charge in [-0.05, 0) is 109 Å². The van der Waals surface area contributed by atoms with Gasteiger partial charge in [0, 0.05) is 12.6 Å². The Morgan fingerprint density at radius 2 is 1.74 bits per heavy atom. The van der Waals surface area contributed by atoms with Crippen LogP contribution in [-0.2, 0) is 10.0 Å². The number of fused-ring (bicyclic) bond motifs is 6. The first kappa shape index (κ1) is 30.0. The zero-order valence-electron chi connectivity index (χ0n) is 25.3. The lowest BCUT2D eigenvalue weighted by atomic mass is 9.41. The van der Waals surface area contributed by atoms with E-state index in [1.54, 1.807) is 0 Å². The van der Waals surface area contributed by atoms with Gasteiger partial charge in [0.2, 0.25) is 6.79 Å². The molecule has 11 atom stereocenters. The van der Waals surface area contributed by atoms with Gasteiger partial charge in [0.25, 0.3) is 10.0 Å². The Morgan fingerprint density at radius 1 is 1.02 bits per heavy atom. The molecular formula is C32H48N2O7S. The summed E-state index contributed by atoms with van der Waals surface area (Å²) in [5.41, 5.74) is 0.228. The average molecular weight is 605 g/mol. The van der Waals surface area contributed by atoms with Crippen LogP contribution in [0.5, 0.6) is 11.5 Å². The fourth-order valence-corrected chi connectivity index (χ4v) is 11.5. The quantitative estimate of drug-likeness (QED) is 0.371. The van der Waals surface area contributed by atoms with E-state index in [2.05, 4.69) is 37.7 Å². The summed E-state index contributed by atoms with van der Waals surface area (Å²) in [7, 11) is -4.07. The highest BCUT2D eigenvalue weighted by Gasteiger charge is 2.64. The molecule has 1 aromatic carbocycles. The highest BCUT2D eigenvalue weighted by molar-refractivity contribution is 7.90. The van der Waals surface area contributed by atoms with Crippen molar-refractivity contribution in [2.24, 2.45) is 52.3 Å². The van der Waals surface area contributed by atoms with Gasteiger partial charge in [0.05, 0.1) is 17.1 Å². The summed E-state index contributed by atoms with van der Waals surface area (Å²) in [5.74, 6) is 3.12. The summed E-state index contributed by atoms with van der Waals surface area (Å²) in [6.45, 7) is 9.62. The molecule has 0 radical (unpaired) electrons. The monoisotopic (exact) mass is 604 g/mol. The fraction of sp³-hybridized carbons (Fsp3) is 0.781. The molecule has 10 heteroatoms. The van der Waals surface area contributed by atoms with Crippen LogP contribution in [0.3, 0.4) is 0 Å². The molecule has 6 rings (SSSR count). The Balaban J connectivity index is 1.12. The van der Waals surface area contributed by atoms with E-state index < -0.39 is 16.1 Å². The molecule has 4 saturated carbocycles. The summed E-state index contributed by atoms with van der Waals surface area (Å²) in [4.78, 5) is 12.7. The summed E-state index contributed by atoms with van der Waals surface area (Å²) < 4.78 is 38.3. The van der Waals surface area contributed by atoms with Crippen LogP contribution < -0.4 is 19.5 Å². The van der Waals surface area contributed by atoms with Crippen molar-refractivity contribution < 1.29 is 32.9 Å². The van der Waals surface area contributed by atoms with Gasteiger partial charge in [-0.1, -0.05) is 34.1 Å². The second kappa shape index (κ2) is 10.8. The standard InChI is InChI=1S/C32H48N2O7S/c1-5-21-25-14-19(35)10-12-32(25,4)24-11-13-31(3)22(7-8-23(31)28(24)29(21)36)18(2)16-33-30(37)34-42(38,39)20-6-9-26-27(15-20)41-17-40-26/h6,9,15,18-19,21-25,28-29,35-36H,5,7-8,10-14,16-17H2,1-4H3,(H2,33,34,37)/t18-,19-,21-,22-,23+,24+,25?,28+,29-,31-,32-/m1/s1. The molecule has 0 bridgehead atoms. The summed E-state index contributed by atoms with van der Waals surface area (Å²) in [6.07, 6.45) is 7.40. The van der Waals surface area contributed by atoms with E-state index in [4.69, 9.17) is 9.47 Å². The van der Waals surface area contributed by atoms with Crippen molar-refractivity contribution in [1.82, 2.24) is 10.0 Å². The Hall–Kier alpha value is -2.04. The Kier molecular flexibility index (Phi) is 7.75. The molecule has 1 aliphatic heterocycles. The number of benzene rings is 1. The van der Waals surface area contributed by atoms with Crippen LogP contribution >= 0.6 is 0 Å². The smallest absolute Gasteiger partial charge is 0.328 e. The van der Waals surface area contributed by atoms with Gasteiger partial charge < -0.3 is 25.0 Å². The fourth-order valence-electron chi connectivity index (χ4n) is 10.6. The zero-order chi connectivity index (χ0) is 30.0. The summed E-state index contributed by atoms with van der Waals surface area (Å²) in [5, 5.41) is 25.3. The number of hydrogen-bond acceptors (Lipinski definition) is 7. The molecule has 9 nitrogen and oxygen atoms in total. The van der Waals surface area contributed by atoms with Gasteiger partial charge in [0.1, 0.15) is 0 Å². The average Bonchev–Trinajstić information content (AvgIpc) is 3.56. The molecule has 5 aliphatic rings. The van der Waals surface area contributed by atoms with Crippen molar-refractivity contribution >= 4 is 16.1 Å². The number of carbonyl (C=O) groups is 1. The summed E-state index contributed by atoms with van der Waals surface area (Å²) >= 11 is 0. The van der Waals surface area contributed by atoms with Gasteiger partial charge in [-0.15, -0.1) is 0 Å². The third-order valence-corrected chi connectivity index (χ3v) is 13.9. The van der Waals surface area contributed by atoms with Crippen molar-refractivity contribution in [1.29, 1.82) is 0 Å². The van der Waals surface area contributed by atoms with Crippen LogP contribution in [0, 0.1) is 52.3 Å². The molecule has 0 saturated heterocycles. The maximum atomic E-state index is 12.8. The van der Waals surface area contributed by atoms with E-state index in [1.165, 1.54) is 18.2 Å². The first-order valence-electron chi connectivity index (χ1n) is 16.0. The van der Waals surface area contributed by atoms with E-state index in [-0.39, 0.29) is 52.5 Å². The predicted octanol–water partition coefficient (Wildman–Crippen LogP) is 4.67. The van der Waals surface area contributed by atoms with Gasteiger partial charge in [0.15, 0.2) is 11.5 Å². The third kappa shape index (κ3) is 4.80. The Morgan fingerprint density at radius 3 is 2.50 bits per heavy atom. The lowest BCUT2D eigenvalue weighted by Crippen LogP contribution is -2.62.